The molecule has 0 unspecified atom stereocenters. The second-order valence-corrected chi connectivity index (χ2v) is 7.93. The number of anilines is 1. The molecule has 0 aliphatic carbocycles. The largest absolute Gasteiger partial charge is 0.497 e. The highest BCUT2D eigenvalue weighted by Crippen LogP contribution is 2.38. The number of hydrogen-bond donors (Lipinski definition) is 1. The lowest BCUT2D eigenvalue weighted by Gasteiger charge is -2.34. The van der Waals surface area contributed by atoms with Crippen LogP contribution in [0.25, 0.3) is 0 Å². The van der Waals surface area contributed by atoms with Crippen molar-refractivity contribution < 1.29 is 9.53 Å². The van der Waals surface area contributed by atoms with Crippen LogP contribution < -0.4 is 10.1 Å². The van der Waals surface area contributed by atoms with Crippen molar-refractivity contribution in [2.45, 2.75) is 18.8 Å². The van der Waals surface area contributed by atoms with Crippen molar-refractivity contribution in [3.05, 3.63) is 131 Å². The van der Waals surface area contributed by atoms with E-state index in [9.17, 15) is 4.79 Å². The number of ether oxygens (including phenoxy) is 1. The zero-order valence-corrected chi connectivity index (χ0v) is 18.4. The first-order valence-corrected chi connectivity index (χ1v) is 10.7. The number of rotatable bonds is 7. The Balaban J connectivity index is 1.86. The Morgan fingerprint density at radius 2 is 1.31 bits per heavy atom. The Hall–Kier alpha value is -3.85. The van der Waals surface area contributed by atoms with Gasteiger partial charge in [-0.1, -0.05) is 91.0 Å². The van der Waals surface area contributed by atoms with Gasteiger partial charge in [-0.2, -0.15) is 0 Å². The van der Waals surface area contributed by atoms with Gasteiger partial charge in [0.25, 0.3) is 0 Å². The van der Waals surface area contributed by atoms with Crippen LogP contribution in [0.4, 0.5) is 5.69 Å². The van der Waals surface area contributed by atoms with Gasteiger partial charge in [-0.15, -0.1) is 0 Å². The number of benzene rings is 4. The number of aryl methyl sites for hydroxylation is 1. The zero-order chi connectivity index (χ0) is 22.4. The molecule has 3 nitrogen and oxygen atoms in total. The molecule has 0 saturated carbocycles. The van der Waals surface area contributed by atoms with E-state index in [1.165, 1.54) is 0 Å². The molecule has 3 heteroatoms. The van der Waals surface area contributed by atoms with Crippen LogP contribution in [0.3, 0.4) is 0 Å². The van der Waals surface area contributed by atoms with Crippen molar-refractivity contribution in [3.8, 4) is 5.75 Å². The van der Waals surface area contributed by atoms with Crippen molar-refractivity contribution in [1.82, 2.24) is 0 Å². The van der Waals surface area contributed by atoms with Gasteiger partial charge in [-0.3, -0.25) is 4.79 Å². The highest BCUT2D eigenvalue weighted by Gasteiger charge is 2.42. The number of carbonyl (C=O) groups excluding carboxylic acids is 1. The van der Waals surface area contributed by atoms with Crippen molar-refractivity contribution >= 4 is 11.6 Å². The summed E-state index contributed by atoms with van der Waals surface area (Å²) in [5, 5.41) is 3.23. The molecule has 0 aliphatic heterocycles. The molecule has 1 N–H and O–H groups in total. The van der Waals surface area contributed by atoms with E-state index in [-0.39, 0.29) is 5.91 Å². The lowest BCUT2D eigenvalue weighted by atomic mass is 9.69. The smallest absolute Gasteiger partial charge is 0.239 e. The van der Waals surface area contributed by atoms with E-state index in [1.54, 1.807) is 7.11 Å². The van der Waals surface area contributed by atoms with Gasteiger partial charge in [-0.25, -0.2) is 0 Å². The number of hydrogen-bond acceptors (Lipinski definition) is 2. The first-order valence-electron chi connectivity index (χ1n) is 10.7. The van der Waals surface area contributed by atoms with E-state index in [0.29, 0.717) is 6.42 Å². The molecule has 0 bridgehead atoms. The molecule has 4 aromatic carbocycles. The molecule has 0 heterocycles. The molecular weight excluding hydrogens is 394 g/mol. The normalized spacial score (nSPS) is 11.1. The molecule has 4 aromatic rings. The maximum absolute atomic E-state index is 14.2. The summed E-state index contributed by atoms with van der Waals surface area (Å²) >= 11 is 0. The Morgan fingerprint density at radius 1 is 0.781 bits per heavy atom. The number of nitrogens with one attached hydrogen (secondary N) is 1. The minimum atomic E-state index is -0.893. The highest BCUT2D eigenvalue weighted by atomic mass is 16.5. The van der Waals surface area contributed by atoms with Crippen molar-refractivity contribution in [1.29, 1.82) is 0 Å². The molecular formula is C29H27NO2. The lowest BCUT2D eigenvalue weighted by molar-refractivity contribution is -0.120. The van der Waals surface area contributed by atoms with Crippen molar-refractivity contribution in [2.24, 2.45) is 0 Å². The summed E-state index contributed by atoms with van der Waals surface area (Å²) < 4.78 is 5.33. The lowest BCUT2D eigenvalue weighted by Crippen LogP contribution is -2.43. The van der Waals surface area contributed by atoms with Crippen LogP contribution in [0.2, 0.25) is 0 Å². The summed E-state index contributed by atoms with van der Waals surface area (Å²) in [5.41, 5.74) is 3.85. The molecule has 160 valence electrons. The molecule has 0 radical (unpaired) electrons. The summed E-state index contributed by atoms with van der Waals surface area (Å²) in [6.07, 6.45) is 0.545. The van der Waals surface area contributed by atoms with Gasteiger partial charge in [0.15, 0.2) is 0 Å². The van der Waals surface area contributed by atoms with Gasteiger partial charge >= 0.3 is 0 Å². The minimum absolute atomic E-state index is 0.0629. The van der Waals surface area contributed by atoms with Gasteiger partial charge in [0.05, 0.1) is 7.11 Å². The topological polar surface area (TPSA) is 38.3 Å². The monoisotopic (exact) mass is 421 g/mol. The third kappa shape index (κ3) is 4.28. The molecule has 0 aliphatic rings. The fourth-order valence-electron chi connectivity index (χ4n) is 4.19. The van der Waals surface area contributed by atoms with Crippen LogP contribution >= 0.6 is 0 Å². The first kappa shape index (κ1) is 21.4. The molecule has 32 heavy (non-hydrogen) atoms. The van der Waals surface area contributed by atoms with Crippen LogP contribution in [0.5, 0.6) is 5.75 Å². The van der Waals surface area contributed by atoms with Crippen LogP contribution in [-0.2, 0) is 16.6 Å². The molecule has 0 fully saturated rings. The van der Waals surface area contributed by atoms with Gasteiger partial charge in [0.1, 0.15) is 11.2 Å². The Kier molecular flexibility index (Phi) is 6.37. The van der Waals surface area contributed by atoms with Crippen LogP contribution in [0.15, 0.2) is 109 Å². The van der Waals surface area contributed by atoms with Crippen LogP contribution in [-0.4, -0.2) is 13.0 Å². The van der Waals surface area contributed by atoms with Gasteiger partial charge in [0.2, 0.25) is 5.91 Å². The molecule has 0 saturated heterocycles. The average Bonchev–Trinajstić information content (AvgIpc) is 2.85. The second-order valence-electron chi connectivity index (χ2n) is 7.93. The van der Waals surface area contributed by atoms with E-state index < -0.39 is 5.41 Å². The van der Waals surface area contributed by atoms with Crippen LogP contribution in [0.1, 0.15) is 22.3 Å². The van der Waals surface area contributed by atoms with Gasteiger partial charge in [0, 0.05) is 5.69 Å². The fraction of sp³-hybridized carbons (Fsp3) is 0.138. The SMILES string of the molecule is COc1ccc(NC(=O)C(Cc2ccccc2)(c2ccccc2)c2ccccc2)c(C)c1. The Labute approximate surface area is 189 Å². The summed E-state index contributed by atoms with van der Waals surface area (Å²) in [6, 6.07) is 35.9. The van der Waals surface area contributed by atoms with E-state index in [4.69, 9.17) is 4.74 Å². The maximum atomic E-state index is 14.2. The predicted molar refractivity (Wildman–Crippen MR) is 130 cm³/mol. The summed E-state index contributed by atoms with van der Waals surface area (Å²) in [4.78, 5) is 14.2. The highest BCUT2D eigenvalue weighted by molar-refractivity contribution is 6.02. The first-order chi connectivity index (χ1) is 15.6. The molecule has 1 amide bonds. The maximum Gasteiger partial charge on any atom is 0.239 e. The Morgan fingerprint density at radius 3 is 1.81 bits per heavy atom. The molecule has 4 rings (SSSR count). The van der Waals surface area contributed by atoms with Crippen molar-refractivity contribution in [2.75, 3.05) is 12.4 Å². The molecule has 0 aromatic heterocycles. The third-order valence-electron chi connectivity index (χ3n) is 5.91. The van der Waals surface area contributed by atoms with Crippen molar-refractivity contribution in [3.63, 3.8) is 0 Å². The number of methoxy groups -OCH3 is 1. The minimum Gasteiger partial charge on any atom is -0.497 e. The van der Waals surface area contributed by atoms with E-state index in [2.05, 4.69) is 17.4 Å². The zero-order valence-electron chi connectivity index (χ0n) is 18.4. The number of carbonyl (C=O) groups is 1. The summed E-state index contributed by atoms with van der Waals surface area (Å²) in [6.45, 7) is 1.97. The number of amides is 1. The van der Waals surface area contributed by atoms with E-state index in [1.807, 2.05) is 104 Å². The predicted octanol–water partition coefficient (Wildman–Crippen LogP) is 6.17. The summed E-state index contributed by atoms with van der Waals surface area (Å²) in [7, 11) is 1.64. The van der Waals surface area contributed by atoms with Gasteiger partial charge in [-0.05, 0) is 53.8 Å². The fourth-order valence-corrected chi connectivity index (χ4v) is 4.19. The van der Waals surface area contributed by atoms with Gasteiger partial charge < -0.3 is 10.1 Å². The average molecular weight is 422 g/mol. The standard InChI is InChI=1S/C29H27NO2/c1-22-20-26(32-2)18-19-27(22)30-28(31)29(24-14-8-4-9-15-24,25-16-10-5-11-17-25)21-23-12-6-3-7-13-23/h3-20H,21H2,1-2H3,(H,30,31). The molecule has 0 atom stereocenters. The van der Waals surface area contributed by atoms with E-state index >= 15 is 0 Å². The molecule has 0 spiro atoms. The van der Waals surface area contributed by atoms with E-state index in [0.717, 1.165) is 33.7 Å². The third-order valence-corrected chi connectivity index (χ3v) is 5.91. The Bertz CT molecular complexity index is 1130. The van der Waals surface area contributed by atoms with Crippen LogP contribution in [0, 0.1) is 6.92 Å². The quantitative estimate of drug-likeness (QED) is 0.387. The summed E-state index contributed by atoms with van der Waals surface area (Å²) in [5.74, 6) is 0.703. The second kappa shape index (κ2) is 9.52.